The van der Waals surface area contributed by atoms with E-state index in [0.717, 1.165) is 28.1 Å². The van der Waals surface area contributed by atoms with Gasteiger partial charge in [-0.2, -0.15) is 10.1 Å². The van der Waals surface area contributed by atoms with Crippen LogP contribution >= 0.6 is 11.3 Å². The molecule has 1 fully saturated rings. The van der Waals surface area contributed by atoms with E-state index in [0.29, 0.717) is 30.6 Å². The normalized spacial score (nSPS) is 16.0. The fraction of sp³-hybridized carbons (Fsp3) is 0.300. The predicted molar refractivity (Wildman–Crippen MR) is 116 cm³/mol. The number of rotatable bonds is 6. The molecule has 0 radical (unpaired) electrons. The van der Waals surface area contributed by atoms with E-state index in [1.54, 1.807) is 29.4 Å². The van der Waals surface area contributed by atoms with Crippen molar-refractivity contribution in [2.24, 2.45) is 7.05 Å². The summed E-state index contributed by atoms with van der Waals surface area (Å²) in [5.74, 6) is 0.732. The van der Waals surface area contributed by atoms with E-state index < -0.39 is 0 Å². The highest BCUT2D eigenvalue weighted by Gasteiger charge is 2.22. The minimum Gasteiger partial charge on any atom is -0.470 e. The topological polar surface area (TPSA) is 108 Å². The molecule has 10 nitrogen and oxygen atoms in total. The quantitative estimate of drug-likeness (QED) is 0.475. The fourth-order valence-electron chi connectivity index (χ4n) is 3.44. The standard InChI is InChI=1S/C20H21N7O3S/c1-21-18(28)12-7-16(31-11-12)24-20-23-15-3-5-27(13-8-22-26(2)9-13)17(15)19(25-20)30-14-4-6-29-10-14/h3,5,7-9,11,14H,4,6,10H2,1-2H3,(H,21,28)(H,23,24,25)/t14-/m0/s1. The van der Waals surface area contributed by atoms with Gasteiger partial charge in [0.2, 0.25) is 11.8 Å². The molecule has 5 heterocycles. The lowest BCUT2D eigenvalue weighted by Gasteiger charge is -2.14. The number of hydrogen-bond donors (Lipinski definition) is 2. The van der Waals surface area contributed by atoms with Gasteiger partial charge in [-0.15, -0.1) is 11.3 Å². The summed E-state index contributed by atoms with van der Waals surface area (Å²) < 4.78 is 15.4. The summed E-state index contributed by atoms with van der Waals surface area (Å²) in [6.07, 6.45) is 6.36. The summed E-state index contributed by atoms with van der Waals surface area (Å²) in [6.45, 7) is 1.20. The molecule has 1 aliphatic heterocycles. The maximum absolute atomic E-state index is 11.8. The molecule has 0 bridgehead atoms. The number of nitrogens with zero attached hydrogens (tertiary/aromatic N) is 5. The Morgan fingerprint density at radius 3 is 3.03 bits per heavy atom. The lowest BCUT2D eigenvalue weighted by molar-refractivity contribution is 0.0963. The zero-order valence-corrected chi connectivity index (χ0v) is 17.8. The Bertz CT molecular complexity index is 1240. The van der Waals surface area contributed by atoms with Crippen LogP contribution in [0.1, 0.15) is 16.8 Å². The van der Waals surface area contributed by atoms with E-state index in [9.17, 15) is 4.79 Å². The Morgan fingerprint density at radius 1 is 1.39 bits per heavy atom. The minimum absolute atomic E-state index is 0.0650. The van der Waals surface area contributed by atoms with Gasteiger partial charge in [-0.05, 0) is 12.1 Å². The molecule has 1 saturated heterocycles. The number of aryl methyl sites for hydroxylation is 1. The van der Waals surface area contributed by atoms with Crippen molar-refractivity contribution in [2.45, 2.75) is 12.5 Å². The van der Waals surface area contributed by atoms with Gasteiger partial charge in [0.1, 0.15) is 11.6 Å². The first kappa shape index (κ1) is 19.5. The Morgan fingerprint density at radius 2 is 2.29 bits per heavy atom. The van der Waals surface area contributed by atoms with Crippen LogP contribution in [-0.4, -0.2) is 56.6 Å². The number of carbonyl (C=O) groups is 1. The number of nitrogens with one attached hydrogen (secondary N) is 2. The molecule has 11 heteroatoms. The van der Waals surface area contributed by atoms with Crippen molar-refractivity contribution < 1.29 is 14.3 Å². The number of thiophene rings is 1. The highest BCUT2D eigenvalue weighted by molar-refractivity contribution is 7.14. The first-order valence-electron chi connectivity index (χ1n) is 9.81. The second-order valence-electron chi connectivity index (χ2n) is 7.15. The molecule has 5 rings (SSSR count). The first-order valence-corrected chi connectivity index (χ1v) is 10.7. The van der Waals surface area contributed by atoms with Gasteiger partial charge in [-0.25, -0.2) is 4.98 Å². The van der Waals surface area contributed by atoms with Crippen LogP contribution in [-0.2, 0) is 11.8 Å². The van der Waals surface area contributed by atoms with Crippen LogP contribution < -0.4 is 15.4 Å². The lowest BCUT2D eigenvalue weighted by atomic mass is 10.3. The van der Waals surface area contributed by atoms with Crippen LogP contribution in [0.4, 0.5) is 10.9 Å². The van der Waals surface area contributed by atoms with Crippen LogP contribution in [0.5, 0.6) is 5.88 Å². The zero-order chi connectivity index (χ0) is 21.4. The highest BCUT2D eigenvalue weighted by Crippen LogP contribution is 2.31. The molecule has 0 saturated carbocycles. The SMILES string of the molecule is CNC(=O)c1csc(Nc2nc(O[C@H]3CCOC3)c3c(ccn3-c3cnn(C)c3)n2)c1. The largest absolute Gasteiger partial charge is 0.470 e. The summed E-state index contributed by atoms with van der Waals surface area (Å²) >= 11 is 1.41. The highest BCUT2D eigenvalue weighted by atomic mass is 32.1. The number of hydrogen-bond acceptors (Lipinski definition) is 8. The van der Waals surface area contributed by atoms with E-state index in [1.807, 2.05) is 30.1 Å². The Balaban J connectivity index is 1.54. The molecule has 1 aliphatic rings. The van der Waals surface area contributed by atoms with Crippen molar-refractivity contribution in [3.05, 3.63) is 41.7 Å². The molecule has 2 N–H and O–H groups in total. The number of anilines is 2. The van der Waals surface area contributed by atoms with Crippen molar-refractivity contribution in [1.82, 2.24) is 29.6 Å². The number of aromatic nitrogens is 5. The van der Waals surface area contributed by atoms with Crippen molar-refractivity contribution in [3.8, 4) is 11.6 Å². The van der Waals surface area contributed by atoms with Crippen molar-refractivity contribution in [1.29, 1.82) is 0 Å². The maximum Gasteiger partial charge on any atom is 0.251 e. The molecule has 0 spiro atoms. The molecule has 0 unspecified atom stereocenters. The third-order valence-electron chi connectivity index (χ3n) is 4.96. The van der Waals surface area contributed by atoms with Gasteiger partial charge in [-0.3, -0.25) is 9.48 Å². The first-order chi connectivity index (χ1) is 15.1. The molecule has 4 aromatic rings. The van der Waals surface area contributed by atoms with Crippen LogP contribution in [0.2, 0.25) is 0 Å². The summed E-state index contributed by atoms with van der Waals surface area (Å²) in [5, 5.41) is 12.6. The summed E-state index contributed by atoms with van der Waals surface area (Å²) in [4.78, 5) is 21.2. The van der Waals surface area contributed by atoms with Crippen LogP contribution in [0.15, 0.2) is 36.1 Å². The van der Waals surface area contributed by atoms with E-state index in [1.165, 1.54) is 11.3 Å². The van der Waals surface area contributed by atoms with E-state index in [-0.39, 0.29) is 12.0 Å². The van der Waals surface area contributed by atoms with Crippen LogP contribution in [0.3, 0.4) is 0 Å². The van der Waals surface area contributed by atoms with Gasteiger partial charge >= 0.3 is 0 Å². The summed E-state index contributed by atoms with van der Waals surface area (Å²) in [6, 6.07) is 3.68. The zero-order valence-electron chi connectivity index (χ0n) is 17.0. The molecular weight excluding hydrogens is 418 g/mol. The van der Waals surface area contributed by atoms with Gasteiger partial charge in [0.05, 0.1) is 41.2 Å². The lowest BCUT2D eigenvalue weighted by Crippen LogP contribution is -2.17. The minimum atomic E-state index is -0.139. The molecule has 160 valence electrons. The monoisotopic (exact) mass is 439 g/mol. The number of amides is 1. The summed E-state index contributed by atoms with van der Waals surface area (Å²) in [5.41, 5.74) is 2.97. The Hall–Kier alpha value is -3.44. The molecular formula is C20H21N7O3S. The second kappa shape index (κ2) is 8.00. The number of ether oxygens (including phenoxy) is 2. The van der Waals surface area contributed by atoms with Gasteiger partial charge in [0.25, 0.3) is 5.91 Å². The molecule has 31 heavy (non-hydrogen) atoms. The van der Waals surface area contributed by atoms with Crippen molar-refractivity contribution in [2.75, 3.05) is 25.6 Å². The van der Waals surface area contributed by atoms with Gasteiger partial charge in [0.15, 0.2) is 0 Å². The van der Waals surface area contributed by atoms with E-state index in [4.69, 9.17) is 9.47 Å². The molecule has 0 aromatic carbocycles. The third kappa shape index (κ3) is 3.84. The van der Waals surface area contributed by atoms with Crippen LogP contribution in [0, 0.1) is 0 Å². The molecule has 1 atom stereocenters. The van der Waals surface area contributed by atoms with E-state index >= 15 is 0 Å². The van der Waals surface area contributed by atoms with Crippen molar-refractivity contribution >= 4 is 39.2 Å². The average molecular weight is 440 g/mol. The van der Waals surface area contributed by atoms with Crippen LogP contribution in [0.25, 0.3) is 16.7 Å². The maximum atomic E-state index is 11.8. The fourth-order valence-corrected chi connectivity index (χ4v) is 4.21. The molecule has 4 aromatic heterocycles. The second-order valence-corrected chi connectivity index (χ2v) is 8.06. The smallest absolute Gasteiger partial charge is 0.251 e. The van der Waals surface area contributed by atoms with E-state index in [2.05, 4.69) is 25.7 Å². The Kier molecular flexibility index (Phi) is 5.04. The van der Waals surface area contributed by atoms with Gasteiger partial charge < -0.3 is 24.7 Å². The molecule has 1 amide bonds. The summed E-state index contributed by atoms with van der Waals surface area (Å²) in [7, 11) is 3.47. The average Bonchev–Trinajstić information content (AvgIpc) is 3.54. The third-order valence-corrected chi connectivity index (χ3v) is 5.81. The number of fused-ring (bicyclic) bond motifs is 1. The number of carbonyl (C=O) groups excluding carboxylic acids is 1. The van der Waals surface area contributed by atoms with Gasteiger partial charge in [0, 0.05) is 38.3 Å². The predicted octanol–water partition coefficient (Wildman–Crippen LogP) is 2.49. The van der Waals surface area contributed by atoms with Crippen molar-refractivity contribution in [3.63, 3.8) is 0 Å². The van der Waals surface area contributed by atoms with Gasteiger partial charge in [-0.1, -0.05) is 0 Å². The molecule has 0 aliphatic carbocycles. The Labute approximate surface area is 181 Å².